The molecule has 0 aromatic carbocycles. The molecule has 2 aromatic heterocycles. The summed E-state index contributed by atoms with van der Waals surface area (Å²) in [6.07, 6.45) is 1.28. The minimum absolute atomic E-state index is 0.134. The number of aliphatic carboxylic acids is 1. The van der Waals surface area contributed by atoms with Crippen molar-refractivity contribution in [3.05, 3.63) is 39.2 Å². The van der Waals surface area contributed by atoms with Crippen molar-refractivity contribution in [1.29, 1.82) is 0 Å². The van der Waals surface area contributed by atoms with E-state index in [1.165, 1.54) is 4.52 Å². The number of rotatable bonds is 3. The lowest BCUT2D eigenvalue weighted by Gasteiger charge is -2.03. The number of carboxylic acids is 1. The van der Waals surface area contributed by atoms with Gasteiger partial charge in [0.2, 0.25) is 0 Å². The minimum atomic E-state index is -1.05. The fourth-order valence-corrected chi connectivity index (χ4v) is 1.46. The maximum Gasteiger partial charge on any atom is 0.343 e. The van der Waals surface area contributed by atoms with Gasteiger partial charge in [0.05, 0.1) is 6.42 Å². The van der Waals surface area contributed by atoms with Crippen LogP contribution in [0.1, 0.15) is 6.42 Å². The molecular weight excluding hydrogens is 214 g/mol. The maximum absolute atomic E-state index is 11.8. The zero-order valence-corrected chi connectivity index (χ0v) is 8.21. The second-order valence-electron chi connectivity index (χ2n) is 3.28. The number of nitrogens with one attached hydrogen (secondary N) is 1. The van der Waals surface area contributed by atoms with E-state index in [1.807, 2.05) is 0 Å². The number of hydrogen-bond acceptors (Lipinski definition) is 3. The van der Waals surface area contributed by atoms with Gasteiger partial charge in [-0.1, -0.05) is 0 Å². The molecule has 0 saturated heterocycles. The van der Waals surface area contributed by atoms with Crippen LogP contribution < -0.4 is 11.2 Å². The Morgan fingerprint density at radius 2 is 2.19 bits per heavy atom. The van der Waals surface area contributed by atoms with Crippen molar-refractivity contribution in [1.82, 2.24) is 14.2 Å². The first kappa shape index (κ1) is 10.2. The van der Waals surface area contributed by atoms with Gasteiger partial charge in [0.15, 0.2) is 0 Å². The van der Waals surface area contributed by atoms with Crippen molar-refractivity contribution in [3.8, 4) is 0 Å². The van der Waals surface area contributed by atoms with Crippen molar-refractivity contribution in [2.45, 2.75) is 13.0 Å². The van der Waals surface area contributed by atoms with Gasteiger partial charge in [-0.15, -0.1) is 0 Å². The van der Waals surface area contributed by atoms with Gasteiger partial charge in [-0.3, -0.25) is 18.7 Å². The van der Waals surface area contributed by atoms with Crippen LogP contribution in [-0.2, 0) is 11.3 Å². The normalized spacial score (nSPS) is 10.8. The number of carbonyl (C=O) groups is 1. The van der Waals surface area contributed by atoms with Crippen LogP contribution >= 0.6 is 0 Å². The number of H-pyrrole nitrogens is 1. The summed E-state index contributed by atoms with van der Waals surface area (Å²) in [7, 11) is 0. The fraction of sp³-hybridized carbons (Fsp3) is 0.222. The first-order valence-electron chi connectivity index (χ1n) is 4.61. The summed E-state index contributed by atoms with van der Waals surface area (Å²) in [5.41, 5.74) is -0.796. The molecule has 2 aromatic rings. The largest absolute Gasteiger partial charge is 0.481 e. The Labute approximate surface area is 88.5 Å². The van der Waals surface area contributed by atoms with Crippen LogP contribution in [0.5, 0.6) is 0 Å². The zero-order valence-electron chi connectivity index (χ0n) is 8.21. The second kappa shape index (κ2) is 3.69. The van der Waals surface area contributed by atoms with E-state index in [1.54, 1.807) is 18.3 Å². The van der Waals surface area contributed by atoms with E-state index in [-0.39, 0.29) is 13.0 Å². The molecule has 0 bridgehead atoms. The number of nitrogens with zero attached hydrogens (tertiary/aromatic N) is 2. The van der Waals surface area contributed by atoms with Gasteiger partial charge in [-0.05, 0) is 12.1 Å². The third-order valence-electron chi connectivity index (χ3n) is 2.22. The van der Waals surface area contributed by atoms with Gasteiger partial charge < -0.3 is 5.11 Å². The fourth-order valence-electron chi connectivity index (χ4n) is 1.46. The molecule has 0 aliphatic heterocycles. The van der Waals surface area contributed by atoms with Crippen LogP contribution in [0.25, 0.3) is 5.52 Å². The third kappa shape index (κ3) is 1.62. The highest BCUT2D eigenvalue weighted by Gasteiger charge is 2.08. The highest BCUT2D eigenvalue weighted by Crippen LogP contribution is 1.93. The maximum atomic E-state index is 11.8. The smallest absolute Gasteiger partial charge is 0.343 e. The summed E-state index contributed by atoms with van der Waals surface area (Å²) in [6, 6.07) is 3.17. The quantitative estimate of drug-likeness (QED) is 0.716. The highest BCUT2D eigenvalue weighted by molar-refractivity contribution is 5.66. The van der Waals surface area contributed by atoms with Crippen LogP contribution in [0, 0.1) is 0 Å². The Morgan fingerprint density at radius 3 is 2.88 bits per heavy atom. The molecule has 0 saturated carbocycles. The van der Waals surface area contributed by atoms with Crippen molar-refractivity contribution in [2.75, 3.05) is 0 Å². The molecule has 2 rings (SSSR count). The molecule has 0 spiro atoms. The molecule has 2 N–H and O–H groups in total. The standard InChI is InChI=1S/C9H9N3O4/c13-7(14)3-5-11-8(15)6-2-1-4-12(6)10-9(11)16/h1-2,4H,3,5H2,(H,10,16)(H,13,14). The zero-order chi connectivity index (χ0) is 11.7. The molecule has 7 nitrogen and oxygen atoms in total. The first-order chi connectivity index (χ1) is 7.59. The predicted octanol–water partition coefficient (Wildman–Crippen LogP) is -0.736. The van der Waals surface area contributed by atoms with Crippen LogP contribution in [-0.4, -0.2) is 25.3 Å². The molecule has 0 fully saturated rings. The molecular formula is C9H9N3O4. The van der Waals surface area contributed by atoms with E-state index in [4.69, 9.17) is 5.11 Å². The highest BCUT2D eigenvalue weighted by atomic mass is 16.4. The number of aromatic nitrogens is 3. The van der Waals surface area contributed by atoms with Gasteiger partial charge in [0.25, 0.3) is 5.56 Å². The molecule has 16 heavy (non-hydrogen) atoms. The number of hydrogen-bond donors (Lipinski definition) is 2. The lowest BCUT2D eigenvalue weighted by atomic mass is 10.4. The Kier molecular flexibility index (Phi) is 2.35. The molecule has 0 aliphatic rings. The van der Waals surface area contributed by atoms with Crippen molar-refractivity contribution in [2.24, 2.45) is 0 Å². The minimum Gasteiger partial charge on any atom is -0.481 e. The van der Waals surface area contributed by atoms with E-state index in [0.29, 0.717) is 5.52 Å². The van der Waals surface area contributed by atoms with Crippen LogP contribution in [0.4, 0.5) is 0 Å². The lowest BCUT2D eigenvalue weighted by Crippen LogP contribution is -2.37. The van der Waals surface area contributed by atoms with E-state index in [9.17, 15) is 14.4 Å². The Morgan fingerprint density at radius 1 is 1.44 bits per heavy atom. The van der Waals surface area contributed by atoms with Crippen LogP contribution in [0.2, 0.25) is 0 Å². The van der Waals surface area contributed by atoms with Gasteiger partial charge >= 0.3 is 11.7 Å². The molecule has 2 heterocycles. The lowest BCUT2D eigenvalue weighted by molar-refractivity contribution is -0.137. The molecule has 84 valence electrons. The summed E-state index contributed by atoms with van der Waals surface area (Å²) in [4.78, 5) is 33.6. The molecule has 0 amide bonds. The van der Waals surface area contributed by atoms with Gasteiger partial charge in [-0.2, -0.15) is 0 Å². The number of carboxylic acid groups (broad SMARTS) is 1. The number of fused-ring (bicyclic) bond motifs is 1. The Balaban J connectivity index is 2.56. The van der Waals surface area contributed by atoms with Gasteiger partial charge in [0.1, 0.15) is 5.52 Å². The summed E-state index contributed by atoms with van der Waals surface area (Å²) >= 11 is 0. The molecule has 7 heteroatoms. The molecule has 0 unspecified atom stereocenters. The van der Waals surface area contributed by atoms with Gasteiger partial charge in [0, 0.05) is 12.7 Å². The first-order valence-corrected chi connectivity index (χ1v) is 4.61. The average Bonchev–Trinajstić information content (AvgIpc) is 2.64. The van der Waals surface area contributed by atoms with E-state index >= 15 is 0 Å². The summed E-state index contributed by atoms with van der Waals surface area (Å²) in [5.74, 6) is -1.05. The predicted molar refractivity (Wildman–Crippen MR) is 54.5 cm³/mol. The van der Waals surface area contributed by atoms with Crippen molar-refractivity contribution >= 4 is 11.5 Å². The van der Waals surface area contributed by atoms with E-state index < -0.39 is 17.2 Å². The van der Waals surface area contributed by atoms with Crippen LogP contribution in [0.3, 0.4) is 0 Å². The summed E-state index contributed by atoms with van der Waals surface area (Å²) in [5, 5.41) is 10.9. The average molecular weight is 223 g/mol. The van der Waals surface area contributed by atoms with E-state index in [2.05, 4.69) is 5.10 Å². The van der Waals surface area contributed by atoms with Gasteiger partial charge in [-0.25, -0.2) is 9.89 Å². The van der Waals surface area contributed by atoms with Crippen molar-refractivity contribution in [3.63, 3.8) is 0 Å². The van der Waals surface area contributed by atoms with Crippen molar-refractivity contribution < 1.29 is 9.90 Å². The third-order valence-corrected chi connectivity index (χ3v) is 2.22. The molecule has 0 radical (unpaired) electrons. The summed E-state index contributed by atoms with van der Waals surface area (Å²) in [6.45, 7) is -0.134. The topological polar surface area (TPSA) is 96.6 Å². The summed E-state index contributed by atoms with van der Waals surface area (Å²) < 4.78 is 2.19. The second-order valence-corrected chi connectivity index (χ2v) is 3.28. The Bertz CT molecular complexity index is 649. The SMILES string of the molecule is O=C(O)CCn1c(=O)[nH]n2cccc2c1=O. The Hall–Kier alpha value is -2.31. The molecule has 0 atom stereocenters. The van der Waals surface area contributed by atoms with E-state index in [0.717, 1.165) is 4.57 Å². The number of aromatic amines is 1. The molecule has 0 aliphatic carbocycles. The monoisotopic (exact) mass is 223 g/mol. The van der Waals surface area contributed by atoms with Crippen LogP contribution in [0.15, 0.2) is 27.9 Å².